The molecule has 2 heterocycles. The molecule has 0 aliphatic carbocycles. The molecular weight excluding hydrogens is 266 g/mol. The summed E-state index contributed by atoms with van der Waals surface area (Å²) in [5.41, 5.74) is 0.0961. The van der Waals surface area contributed by atoms with Gasteiger partial charge in [-0.15, -0.1) is 0 Å². The molecular formula is C14H12F2N2O2. The Morgan fingerprint density at radius 3 is 2.70 bits per heavy atom. The van der Waals surface area contributed by atoms with E-state index in [-0.39, 0.29) is 22.9 Å². The summed E-state index contributed by atoms with van der Waals surface area (Å²) < 4.78 is 31.7. The molecule has 1 aliphatic heterocycles. The maximum atomic E-state index is 13.6. The Labute approximate surface area is 114 Å². The van der Waals surface area contributed by atoms with E-state index in [9.17, 15) is 13.6 Å². The molecule has 3 rings (SSSR count). The first-order valence-corrected chi connectivity index (χ1v) is 6.36. The van der Waals surface area contributed by atoms with E-state index in [1.165, 1.54) is 6.07 Å². The van der Waals surface area contributed by atoms with Gasteiger partial charge in [-0.3, -0.25) is 4.79 Å². The summed E-state index contributed by atoms with van der Waals surface area (Å²) in [6.07, 6.45) is 1.93. The van der Waals surface area contributed by atoms with Gasteiger partial charge in [-0.25, -0.2) is 8.78 Å². The Morgan fingerprint density at radius 1 is 1.20 bits per heavy atom. The predicted molar refractivity (Wildman–Crippen MR) is 67.0 cm³/mol. The van der Waals surface area contributed by atoms with E-state index in [0.717, 1.165) is 31.0 Å². The van der Waals surface area contributed by atoms with E-state index in [0.29, 0.717) is 13.1 Å². The minimum Gasteiger partial charge on any atom is -0.350 e. The predicted octanol–water partition coefficient (Wildman–Crippen LogP) is 2.86. The molecule has 0 radical (unpaired) electrons. The Bertz CT molecular complexity index is 648. The second-order valence-electron chi connectivity index (χ2n) is 4.70. The van der Waals surface area contributed by atoms with Crippen LogP contribution in [0.5, 0.6) is 0 Å². The fourth-order valence-electron chi connectivity index (χ4n) is 2.27. The first-order valence-electron chi connectivity index (χ1n) is 6.36. The van der Waals surface area contributed by atoms with Crippen LogP contribution in [-0.4, -0.2) is 29.1 Å². The van der Waals surface area contributed by atoms with Crippen molar-refractivity contribution < 1.29 is 18.1 Å². The van der Waals surface area contributed by atoms with Gasteiger partial charge >= 0.3 is 0 Å². The lowest BCUT2D eigenvalue weighted by Crippen LogP contribution is -2.27. The highest BCUT2D eigenvalue weighted by atomic mass is 19.1. The lowest BCUT2D eigenvalue weighted by Gasteiger charge is -2.11. The Morgan fingerprint density at radius 2 is 1.95 bits per heavy atom. The van der Waals surface area contributed by atoms with Crippen LogP contribution in [0.15, 0.2) is 28.8 Å². The van der Waals surface area contributed by atoms with Gasteiger partial charge in [0.2, 0.25) is 5.76 Å². The minimum absolute atomic E-state index is 0.0192. The molecule has 1 fully saturated rings. The third-order valence-electron chi connectivity index (χ3n) is 3.32. The molecule has 0 N–H and O–H groups in total. The van der Waals surface area contributed by atoms with Gasteiger partial charge < -0.3 is 9.42 Å². The SMILES string of the molecule is O=C(c1cc(-c2cc(F)ccc2F)no1)N1CCCC1. The molecule has 20 heavy (non-hydrogen) atoms. The van der Waals surface area contributed by atoms with E-state index in [1.807, 2.05) is 0 Å². The molecule has 2 aromatic rings. The number of aromatic nitrogens is 1. The number of benzene rings is 1. The number of nitrogens with zero attached hydrogens (tertiary/aromatic N) is 2. The average Bonchev–Trinajstić information content (AvgIpc) is 3.11. The van der Waals surface area contributed by atoms with Gasteiger partial charge in [-0.1, -0.05) is 5.16 Å². The number of halogens is 2. The molecule has 1 saturated heterocycles. The Kier molecular flexibility index (Phi) is 3.22. The van der Waals surface area contributed by atoms with Gasteiger partial charge in [0.05, 0.1) is 0 Å². The molecule has 0 saturated carbocycles. The van der Waals surface area contributed by atoms with Crippen molar-refractivity contribution in [3.05, 3.63) is 41.7 Å². The summed E-state index contributed by atoms with van der Waals surface area (Å²) >= 11 is 0. The van der Waals surface area contributed by atoms with Crippen molar-refractivity contribution in [1.82, 2.24) is 10.1 Å². The van der Waals surface area contributed by atoms with E-state index < -0.39 is 11.6 Å². The third-order valence-corrected chi connectivity index (χ3v) is 3.32. The van der Waals surface area contributed by atoms with Crippen LogP contribution >= 0.6 is 0 Å². The summed E-state index contributed by atoms with van der Waals surface area (Å²) in [6, 6.07) is 4.41. The zero-order valence-corrected chi connectivity index (χ0v) is 10.6. The fraction of sp³-hybridized carbons (Fsp3) is 0.286. The summed E-state index contributed by atoms with van der Waals surface area (Å²) in [5, 5.41) is 3.65. The smallest absolute Gasteiger partial charge is 0.292 e. The van der Waals surface area contributed by atoms with Crippen LogP contribution in [0.25, 0.3) is 11.3 Å². The first kappa shape index (κ1) is 12.8. The number of rotatable bonds is 2. The molecule has 0 spiro atoms. The highest BCUT2D eigenvalue weighted by Crippen LogP contribution is 2.24. The summed E-state index contributed by atoms with van der Waals surface area (Å²) in [6.45, 7) is 1.37. The second kappa shape index (κ2) is 5.03. The quantitative estimate of drug-likeness (QED) is 0.848. The molecule has 0 atom stereocenters. The second-order valence-corrected chi connectivity index (χ2v) is 4.70. The number of amides is 1. The van der Waals surface area contributed by atoms with Gasteiger partial charge in [0.25, 0.3) is 5.91 Å². The largest absolute Gasteiger partial charge is 0.350 e. The number of hydrogen-bond acceptors (Lipinski definition) is 3. The molecule has 104 valence electrons. The van der Waals surface area contributed by atoms with Crippen LogP contribution in [-0.2, 0) is 0 Å². The van der Waals surface area contributed by atoms with Crippen molar-refractivity contribution in [2.24, 2.45) is 0 Å². The highest BCUT2D eigenvalue weighted by Gasteiger charge is 2.24. The number of carbonyl (C=O) groups is 1. The lowest BCUT2D eigenvalue weighted by atomic mass is 10.1. The zero-order valence-electron chi connectivity index (χ0n) is 10.6. The topological polar surface area (TPSA) is 46.3 Å². The maximum Gasteiger partial charge on any atom is 0.292 e. The van der Waals surface area contributed by atoms with Crippen LogP contribution in [0.4, 0.5) is 8.78 Å². The van der Waals surface area contributed by atoms with Crippen molar-refractivity contribution in [3.63, 3.8) is 0 Å². The number of carbonyl (C=O) groups excluding carboxylic acids is 1. The van der Waals surface area contributed by atoms with Crippen molar-refractivity contribution in [2.45, 2.75) is 12.8 Å². The van der Waals surface area contributed by atoms with Crippen LogP contribution in [0.1, 0.15) is 23.4 Å². The molecule has 1 aliphatic rings. The monoisotopic (exact) mass is 278 g/mol. The van der Waals surface area contributed by atoms with Crippen LogP contribution in [0.3, 0.4) is 0 Å². The van der Waals surface area contributed by atoms with Crippen LogP contribution < -0.4 is 0 Å². The van der Waals surface area contributed by atoms with Gasteiger partial charge in [0.15, 0.2) is 0 Å². The first-order chi connectivity index (χ1) is 9.65. The fourth-order valence-corrected chi connectivity index (χ4v) is 2.27. The van der Waals surface area contributed by atoms with Gasteiger partial charge in [-0.05, 0) is 31.0 Å². The highest BCUT2D eigenvalue weighted by molar-refractivity contribution is 5.92. The van der Waals surface area contributed by atoms with Crippen LogP contribution in [0.2, 0.25) is 0 Å². The molecule has 0 bridgehead atoms. The van der Waals surface area contributed by atoms with Crippen molar-refractivity contribution >= 4 is 5.91 Å². The molecule has 1 aromatic heterocycles. The Balaban J connectivity index is 1.89. The van der Waals surface area contributed by atoms with Crippen molar-refractivity contribution in [3.8, 4) is 11.3 Å². The van der Waals surface area contributed by atoms with E-state index >= 15 is 0 Å². The number of hydrogen-bond donors (Lipinski definition) is 0. The normalized spacial score (nSPS) is 14.8. The van der Waals surface area contributed by atoms with Gasteiger partial charge in [0, 0.05) is 24.7 Å². The van der Waals surface area contributed by atoms with E-state index in [2.05, 4.69) is 5.16 Å². The number of likely N-dealkylation sites (tertiary alicyclic amines) is 1. The lowest BCUT2D eigenvalue weighted by molar-refractivity contribution is 0.0751. The Hall–Kier alpha value is -2.24. The molecule has 0 unspecified atom stereocenters. The van der Waals surface area contributed by atoms with E-state index in [1.54, 1.807) is 4.90 Å². The molecule has 6 heteroatoms. The minimum atomic E-state index is -0.611. The molecule has 1 amide bonds. The summed E-state index contributed by atoms with van der Waals surface area (Å²) in [5.74, 6) is -1.40. The molecule has 4 nitrogen and oxygen atoms in total. The summed E-state index contributed by atoms with van der Waals surface area (Å²) in [4.78, 5) is 13.7. The maximum absolute atomic E-state index is 13.6. The summed E-state index contributed by atoms with van der Waals surface area (Å²) in [7, 11) is 0. The standard InChI is InChI=1S/C14H12F2N2O2/c15-9-3-4-11(16)10(7-9)12-8-13(20-17-12)14(19)18-5-1-2-6-18/h3-4,7-8H,1-2,5-6H2. The van der Waals surface area contributed by atoms with Crippen molar-refractivity contribution in [2.75, 3.05) is 13.1 Å². The van der Waals surface area contributed by atoms with Gasteiger partial charge in [-0.2, -0.15) is 0 Å². The molecule has 1 aromatic carbocycles. The van der Waals surface area contributed by atoms with Gasteiger partial charge in [0.1, 0.15) is 17.3 Å². The van der Waals surface area contributed by atoms with Crippen molar-refractivity contribution in [1.29, 1.82) is 0 Å². The van der Waals surface area contributed by atoms with E-state index in [4.69, 9.17) is 4.52 Å². The average molecular weight is 278 g/mol. The van der Waals surface area contributed by atoms with Crippen LogP contribution in [0, 0.1) is 11.6 Å². The zero-order chi connectivity index (χ0) is 14.1. The third kappa shape index (κ3) is 2.29.